The summed E-state index contributed by atoms with van der Waals surface area (Å²) in [6, 6.07) is 5.97. The SMILES string of the molecule is Fc1ccc(-c2cccc(OC(F)(F)F)c2)c(C(F)(F)F)c1. The van der Waals surface area contributed by atoms with Gasteiger partial charge in [-0.1, -0.05) is 18.2 Å². The van der Waals surface area contributed by atoms with E-state index in [1.54, 1.807) is 0 Å². The molecule has 1 nitrogen and oxygen atoms in total. The van der Waals surface area contributed by atoms with E-state index in [1.165, 1.54) is 6.07 Å². The van der Waals surface area contributed by atoms with Crippen LogP contribution in [0.4, 0.5) is 30.7 Å². The number of ether oxygens (including phenoxy) is 1. The van der Waals surface area contributed by atoms with Crippen LogP contribution in [0.3, 0.4) is 0 Å². The molecule has 0 heterocycles. The molecule has 0 aromatic heterocycles. The maximum atomic E-state index is 13.0. The van der Waals surface area contributed by atoms with E-state index in [0.717, 1.165) is 30.3 Å². The summed E-state index contributed by atoms with van der Waals surface area (Å²) in [4.78, 5) is 0. The maximum Gasteiger partial charge on any atom is 0.573 e. The number of benzene rings is 2. The van der Waals surface area contributed by atoms with E-state index in [0.29, 0.717) is 0 Å². The van der Waals surface area contributed by atoms with Gasteiger partial charge in [0.25, 0.3) is 0 Å². The van der Waals surface area contributed by atoms with Crippen molar-refractivity contribution in [3.05, 3.63) is 53.8 Å². The Bertz CT molecular complexity index is 674. The molecule has 118 valence electrons. The zero-order valence-electron chi connectivity index (χ0n) is 10.6. The van der Waals surface area contributed by atoms with Crippen molar-refractivity contribution in [3.63, 3.8) is 0 Å². The molecule has 8 heteroatoms. The van der Waals surface area contributed by atoms with Crippen molar-refractivity contribution in [1.29, 1.82) is 0 Å². The van der Waals surface area contributed by atoms with E-state index in [1.807, 2.05) is 0 Å². The molecule has 2 rings (SSSR count). The molecular weight excluding hydrogens is 317 g/mol. The van der Waals surface area contributed by atoms with E-state index in [2.05, 4.69) is 4.74 Å². The summed E-state index contributed by atoms with van der Waals surface area (Å²) in [6.45, 7) is 0. The average Bonchev–Trinajstić information content (AvgIpc) is 2.36. The number of rotatable bonds is 2. The first-order chi connectivity index (χ1) is 10.1. The molecule has 2 aromatic rings. The molecule has 0 spiro atoms. The van der Waals surface area contributed by atoms with Crippen molar-refractivity contribution in [1.82, 2.24) is 0 Å². The van der Waals surface area contributed by atoms with Crippen molar-refractivity contribution in [2.75, 3.05) is 0 Å². The molecule has 0 amide bonds. The molecule has 0 aliphatic carbocycles. The minimum absolute atomic E-state index is 0.172. The minimum atomic E-state index is -4.96. The zero-order chi connectivity index (χ0) is 16.5. The third-order valence-corrected chi connectivity index (χ3v) is 2.67. The smallest absolute Gasteiger partial charge is 0.406 e. The first kappa shape index (κ1) is 16.1. The van der Waals surface area contributed by atoms with Gasteiger partial charge in [0.1, 0.15) is 11.6 Å². The Morgan fingerprint density at radius 3 is 2.09 bits per heavy atom. The quantitative estimate of drug-likeness (QED) is 0.671. The van der Waals surface area contributed by atoms with Gasteiger partial charge in [-0.15, -0.1) is 13.2 Å². The Hall–Kier alpha value is -2.25. The van der Waals surface area contributed by atoms with E-state index in [-0.39, 0.29) is 11.6 Å². The van der Waals surface area contributed by atoms with Crippen molar-refractivity contribution in [2.45, 2.75) is 12.5 Å². The first-order valence-electron chi connectivity index (χ1n) is 5.79. The van der Waals surface area contributed by atoms with Crippen LogP contribution in [0.15, 0.2) is 42.5 Å². The fourth-order valence-corrected chi connectivity index (χ4v) is 1.86. The summed E-state index contributed by atoms with van der Waals surface area (Å²) < 4.78 is 91.8. The topological polar surface area (TPSA) is 9.23 Å². The van der Waals surface area contributed by atoms with Crippen molar-refractivity contribution >= 4 is 0 Å². The molecule has 0 bridgehead atoms. The molecule has 0 N–H and O–H groups in total. The van der Waals surface area contributed by atoms with Gasteiger partial charge in [0.05, 0.1) is 5.56 Å². The number of alkyl halides is 6. The van der Waals surface area contributed by atoms with Crippen LogP contribution in [0.25, 0.3) is 11.1 Å². The van der Waals surface area contributed by atoms with E-state index in [4.69, 9.17) is 0 Å². The molecule has 0 radical (unpaired) electrons. The molecule has 0 unspecified atom stereocenters. The summed E-state index contributed by atoms with van der Waals surface area (Å²) in [5, 5.41) is 0. The third kappa shape index (κ3) is 3.90. The minimum Gasteiger partial charge on any atom is -0.406 e. The normalized spacial score (nSPS) is 12.3. The highest BCUT2D eigenvalue weighted by Gasteiger charge is 2.35. The summed E-state index contributed by atoms with van der Waals surface area (Å²) in [5.74, 6) is -1.76. The van der Waals surface area contributed by atoms with Crippen LogP contribution in [-0.4, -0.2) is 6.36 Å². The molecule has 0 fully saturated rings. The Kier molecular flexibility index (Phi) is 4.04. The van der Waals surface area contributed by atoms with Crippen LogP contribution in [0.1, 0.15) is 5.56 Å². The molecule has 0 saturated carbocycles. The maximum absolute atomic E-state index is 13.0. The molecule has 0 aliphatic rings. The summed E-state index contributed by atoms with van der Waals surface area (Å²) in [6.07, 6.45) is -9.81. The van der Waals surface area contributed by atoms with E-state index < -0.39 is 35.2 Å². The van der Waals surface area contributed by atoms with Gasteiger partial charge in [-0.25, -0.2) is 4.39 Å². The summed E-state index contributed by atoms with van der Waals surface area (Å²) >= 11 is 0. The third-order valence-electron chi connectivity index (χ3n) is 2.67. The molecule has 0 atom stereocenters. The predicted molar refractivity (Wildman–Crippen MR) is 63.5 cm³/mol. The lowest BCUT2D eigenvalue weighted by Gasteiger charge is -2.14. The average molecular weight is 324 g/mol. The molecule has 0 aliphatic heterocycles. The Morgan fingerprint density at radius 2 is 1.50 bits per heavy atom. The Labute approximate surface area is 119 Å². The highest BCUT2D eigenvalue weighted by atomic mass is 19.4. The highest BCUT2D eigenvalue weighted by molar-refractivity contribution is 5.69. The number of halogens is 7. The van der Waals surface area contributed by atoms with Crippen LogP contribution in [0.5, 0.6) is 5.75 Å². The van der Waals surface area contributed by atoms with Crippen LogP contribution < -0.4 is 4.74 Å². The summed E-state index contributed by atoms with van der Waals surface area (Å²) in [5.41, 5.74) is -1.90. The van der Waals surface area contributed by atoms with Crippen LogP contribution >= 0.6 is 0 Å². The van der Waals surface area contributed by atoms with E-state index >= 15 is 0 Å². The van der Waals surface area contributed by atoms with Gasteiger partial charge in [0.15, 0.2) is 0 Å². The second kappa shape index (κ2) is 5.51. The van der Waals surface area contributed by atoms with Gasteiger partial charge in [0, 0.05) is 0 Å². The largest absolute Gasteiger partial charge is 0.573 e. The standard InChI is InChI=1S/C14H7F7O/c15-9-4-5-11(12(7-9)13(16,17)18)8-2-1-3-10(6-8)22-14(19,20)21/h1-7H. The van der Waals surface area contributed by atoms with Gasteiger partial charge >= 0.3 is 12.5 Å². The fourth-order valence-electron chi connectivity index (χ4n) is 1.86. The van der Waals surface area contributed by atoms with Gasteiger partial charge in [-0.3, -0.25) is 0 Å². The zero-order valence-corrected chi connectivity index (χ0v) is 10.6. The van der Waals surface area contributed by atoms with Gasteiger partial charge in [0.2, 0.25) is 0 Å². The van der Waals surface area contributed by atoms with Gasteiger partial charge in [-0.2, -0.15) is 13.2 Å². The highest BCUT2D eigenvalue weighted by Crippen LogP contribution is 2.38. The molecule has 2 aromatic carbocycles. The van der Waals surface area contributed by atoms with Crippen molar-refractivity contribution in [2.24, 2.45) is 0 Å². The first-order valence-corrected chi connectivity index (χ1v) is 5.79. The van der Waals surface area contributed by atoms with Crippen LogP contribution in [-0.2, 0) is 6.18 Å². The summed E-state index contributed by atoms with van der Waals surface area (Å²) in [7, 11) is 0. The Morgan fingerprint density at radius 1 is 0.818 bits per heavy atom. The second-order valence-electron chi connectivity index (χ2n) is 4.26. The number of hydrogen-bond donors (Lipinski definition) is 0. The molecule has 22 heavy (non-hydrogen) atoms. The van der Waals surface area contributed by atoms with E-state index in [9.17, 15) is 30.7 Å². The molecule has 0 saturated heterocycles. The Balaban J connectivity index is 2.51. The fraction of sp³-hybridized carbons (Fsp3) is 0.143. The van der Waals surface area contributed by atoms with Crippen molar-refractivity contribution < 1.29 is 35.5 Å². The van der Waals surface area contributed by atoms with Gasteiger partial charge in [-0.05, 0) is 35.4 Å². The second-order valence-corrected chi connectivity index (χ2v) is 4.26. The molecular formula is C14H7F7O. The van der Waals surface area contributed by atoms with Crippen molar-refractivity contribution in [3.8, 4) is 16.9 Å². The van der Waals surface area contributed by atoms with Crippen LogP contribution in [0, 0.1) is 5.82 Å². The predicted octanol–water partition coefficient (Wildman–Crippen LogP) is 5.41. The lowest BCUT2D eigenvalue weighted by molar-refractivity contribution is -0.274. The van der Waals surface area contributed by atoms with Gasteiger partial charge < -0.3 is 4.74 Å². The number of hydrogen-bond acceptors (Lipinski definition) is 1. The lowest BCUT2D eigenvalue weighted by atomic mass is 9.99. The monoisotopic (exact) mass is 324 g/mol. The van der Waals surface area contributed by atoms with Crippen LogP contribution in [0.2, 0.25) is 0 Å². The lowest BCUT2D eigenvalue weighted by Crippen LogP contribution is -2.17.